The number of nitro groups is 1. The predicted octanol–water partition coefficient (Wildman–Crippen LogP) is 1.53. The Morgan fingerprint density at radius 3 is 2.63 bits per heavy atom. The lowest BCUT2D eigenvalue weighted by Gasteiger charge is -2.11. The van der Waals surface area contributed by atoms with Crippen LogP contribution in [-0.2, 0) is 16.6 Å². The number of non-ortho nitro benzene ring substituents is 1. The number of hydrogen-bond acceptors (Lipinski definition) is 7. The SMILES string of the molecule is O=c1nc2ccc(NS(=O)(=O)c3ccc([N+](=O)[O-])cc3)cc2c2n1CCN2. The highest BCUT2D eigenvalue weighted by molar-refractivity contribution is 7.92. The number of sulfonamides is 1. The van der Waals surface area contributed by atoms with Crippen LogP contribution in [0.1, 0.15) is 0 Å². The lowest BCUT2D eigenvalue weighted by molar-refractivity contribution is -0.384. The molecule has 2 aromatic carbocycles. The number of nitrogens with zero attached hydrogens (tertiary/aromatic N) is 3. The molecular formula is C16H13N5O5S. The van der Waals surface area contributed by atoms with Crippen molar-refractivity contribution in [1.29, 1.82) is 0 Å². The van der Waals surface area contributed by atoms with E-state index in [1.54, 1.807) is 12.1 Å². The normalized spacial score (nSPS) is 13.2. The molecule has 0 amide bonds. The molecule has 1 aliphatic rings. The Balaban J connectivity index is 1.71. The maximum atomic E-state index is 12.5. The van der Waals surface area contributed by atoms with Crippen molar-refractivity contribution < 1.29 is 13.3 Å². The predicted molar refractivity (Wildman–Crippen MR) is 98.4 cm³/mol. The molecular weight excluding hydrogens is 374 g/mol. The second kappa shape index (κ2) is 6.06. The number of nitro benzene ring substituents is 1. The van der Waals surface area contributed by atoms with E-state index in [0.29, 0.717) is 29.8 Å². The average molecular weight is 387 g/mol. The average Bonchev–Trinajstić information content (AvgIpc) is 3.13. The molecule has 0 bridgehead atoms. The maximum absolute atomic E-state index is 12.5. The molecule has 11 heteroatoms. The smallest absolute Gasteiger partial charge is 0.349 e. The van der Waals surface area contributed by atoms with Gasteiger partial charge >= 0.3 is 5.69 Å². The van der Waals surface area contributed by atoms with Gasteiger partial charge in [-0.15, -0.1) is 0 Å². The largest absolute Gasteiger partial charge is 0.369 e. The van der Waals surface area contributed by atoms with Crippen LogP contribution >= 0.6 is 0 Å². The van der Waals surface area contributed by atoms with Gasteiger partial charge in [0.25, 0.3) is 15.7 Å². The van der Waals surface area contributed by atoms with Crippen LogP contribution in [0.15, 0.2) is 52.2 Å². The number of nitrogens with one attached hydrogen (secondary N) is 2. The zero-order valence-corrected chi connectivity index (χ0v) is 14.6. The van der Waals surface area contributed by atoms with Gasteiger partial charge in [0, 0.05) is 36.3 Å². The molecule has 0 unspecified atom stereocenters. The molecule has 0 spiro atoms. The summed E-state index contributed by atoms with van der Waals surface area (Å²) < 4.78 is 29.0. The second-order valence-electron chi connectivity index (χ2n) is 5.91. The quantitative estimate of drug-likeness (QED) is 0.512. The Hall–Kier alpha value is -3.47. The molecule has 138 valence electrons. The molecule has 0 radical (unpaired) electrons. The third-order valence-corrected chi connectivity index (χ3v) is 5.60. The molecule has 0 aliphatic carbocycles. The molecule has 3 aromatic rings. The molecule has 0 saturated heterocycles. The summed E-state index contributed by atoms with van der Waals surface area (Å²) in [5, 5.41) is 14.4. The Morgan fingerprint density at radius 2 is 1.93 bits per heavy atom. The Bertz CT molecular complexity index is 1230. The standard InChI is InChI=1S/C16H13N5O5S/c22-16-18-14-6-1-10(9-13(14)15-17-7-8-20(15)16)19-27(25,26)12-4-2-11(3-5-12)21(23)24/h1-6,9,17,19H,7-8H2. The van der Waals surface area contributed by atoms with Gasteiger partial charge in [0.1, 0.15) is 5.82 Å². The van der Waals surface area contributed by atoms with Crippen molar-refractivity contribution in [3.8, 4) is 0 Å². The Kier molecular flexibility index (Phi) is 3.81. The minimum atomic E-state index is -3.93. The first-order valence-corrected chi connectivity index (χ1v) is 9.39. The van der Waals surface area contributed by atoms with Crippen LogP contribution in [0.2, 0.25) is 0 Å². The first-order valence-electron chi connectivity index (χ1n) is 7.91. The van der Waals surface area contributed by atoms with Gasteiger partial charge in [0.15, 0.2) is 0 Å². The number of rotatable bonds is 4. The first kappa shape index (κ1) is 17.0. The van der Waals surface area contributed by atoms with Gasteiger partial charge < -0.3 is 5.32 Å². The fourth-order valence-electron chi connectivity index (χ4n) is 2.94. The van der Waals surface area contributed by atoms with Crippen molar-refractivity contribution in [2.45, 2.75) is 11.4 Å². The van der Waals surface area contributed by atoms with Crippen LogP contribution in [0, 0.1) is 10.1 Å². The third kappa shape index (κ3) is 2.97. The molecule has 2 N–H and O–H groups in total. The van der Waals surface area contributed by atoms with Crippen molar-refractivity contribution in [1.82, 2.24) is 9.55 Å². The highest BCUT2D eigenvalue weighted by atomic mass is 32.2. The van der Waals surface area contributed by atoms with E-state index >= 15 is 0 Å². The van der Waals surface area contributed by atoms with Gasteiger partial charge in [-0.05, 0) is 30.3 Å². The summed E-state index contributed by atoms with van der Waals surface area (Å²) >= 11 is 0. The molecule has 1 aromatic heterocycles. The van der Waals surface area contributed by atoms with E-state index in [9.17, 15) is 23.3 Å². The summed E-state index contributed by atoms with van der Waals surface area (Å²) in [6.07, 6.45) is 0. The van der Waals surface area contributed by atoms with E-state index in [1.165, 1.54) is 22.8 Å². The number of benzene rings is 2. The van der Waals surface area contributed by atoms with Crippen LogP contribution in [0.3, 0.4) is 0 Å². The molecule has 2 heterocycles. The summed E-state index contributed by atoms with van der Waals surface area (Å²) in [7, 11) is -3.93. The van der Waals surface area contributed by atoms with E-state index in [2.05, 4.69) is 15.0 Å². The summed E-state index contributed by atoms with van der Waals surface area (Å²) in [5.41, 5.74) is 0.191. The van der Waals surface area contributed by atoms with Crippen LogP contribution < -0.4 is 15.7 Å². The van der Waals surface area contributed by atoms with E-state index in [4.69, 9.17) is 0 Å². The van der Waals surface area contributed by atoms with Gasteiger partial charge in [0.05, 0.1) is 15.3 Å². The Morgan fingerprint density at radius 1 is 1.19 bits per heavy atom. The molecule has 0 saturated carbocycles. The lowest BCUT2D eigenvalue weighted by atomic mass is 10.2. The monoisotopic (exact) mass is 387 g/mol. The minimum absolute atomic E-state index is 0.0982. The molecule has 0 fully saturated rings. The van der Waals surface area contributed by atoms with Crippen molar-refractivity contribution >= 4 is 38.1 Å². The van der Waals surface area contributed by atoms with Crippen molar-refractivity contribution in [3.63, 3.8) is 0 Å². The van der Waals surface area contributed by atoms with E-state index < -0.39 is 14.9 Å². The highest BCUT2D eigenvalue weighted by Crippen LogP contribution is 2.27. The van der Waals surface area contributed by atoms with Crippen LogP contribution in [-0.4, -0.2) is 29.4 Å². The van der Waals surface area contributed by atoms with E-state index in [-0.39, 0.29) is 22.0 Å². The zero-order chi connectivity index (χ0) is 19.2. The Labute approximate surface area is 152 Å². The van der Waals surface area contributed by atoms with Crippen LogP contribution in [0.25, 0.3) is 10.9 Å². The summed E-state index contributed by atoms with van der Waals surface area (Å²) in [4.78, 5) is 25.9. The van der Waals surface area contributed by atoms with Gasteiger partial charge in [0.2, 0.25) is 0 Å². The second-order valence-corrected chi connectivity index (χ2v) is 7.59. The van der Waals surface area contributed by atoms with Gasteiger partial charge in [-0.25, -0.2) is 13.2 Å². The van der Waals surface area contributed by atoms with E-state index in [1.807, 2.05) is 0 Å². The van der Waals surface area contributed by atoms with Gasteiger partial charge in [-0.2, -0.15) is 4.98 Å². The summed E-state index contributed by atoms with van der Waals surface area (Å²) in [5.74, 6) is 0.599. The maximum Gasteiger partial charge on any atom is 0.349 e. The topological polar surface area (TPSA) is 136 Å². The van der Waals surface area contributed by atoms with Crippen molar-refractivity contribution in [2.24, 2.45) is 0 Å². The first-order chi connectivity index (χ1) is 12.8. The zero-order valence-electron chi connectivity index (χ0n) is 13.7. The molecule has 4 rings (SSSR count). The van der Waals surface area contributed by atoms with E-state index in [0.717, 1.165) is 12.1 Å². The molecule has 1 aliphatic heterocycles. The summed E-state index contributed by atoms with van der Waals surface area (Å²) in [6, 6.07) is 9.25. The number of anilines is 2. The molecule has 10 nitrogen and oxygen atoms in total. The van der Waals surface area contributed by atoms with Crippen molar-refractivity contribution in [2.75, 3.05) is 16.6 Å². The molecule has 0 atom stereocenters. The lowest BCUT2D eigenvalue weighted by Crippen LogP contribution is -2.21. The number of hydrogen-bond donors (Lipinski definition) is 2. The minimum Gasteiger partial charge on any atom is -0.369 e. The highest BCUT2D eigenvalue weighted by Gasteiger charge is 2.19. The van der Waals surface area contributed by atoms with Gasteiger partial charge in [-0.1, -0.05) is 0 Å². The fraction of sp³-hybridized carbons (Fsp3) is 0.125. The van der Waals surface area contributed by atoms with Gasteiger partial charge in [-0.3, -0.25) is 19.4 Å². The number of aromatic nitrogens is 2. The van der Waals surface area contributed by atoms with Crippen LogP contribution in [0.4, 0.5) is 17.2 Å². The van der Waals surface area contributed by atoms with Crippen molar-refractivity contribution in [3.05, 3.63) is 63.1 Å². The summed E-state index contributed by atoms with van der Waals surface area (Å²) in [6.45, 7) is 1.09. The molecule has 27 heavy (non-hydrogen) atoms. The third-order valence-electron chi connectivity index (χ3n) is 4.21. The van der Waals surface area contributed by atoms with Crippen LogP contribution in [0.5, 0.6) is 0 Å². The number of fused-ring (bicyclic) bond motifs is 3. The fourth-order valence-corrected chi connectivity index (χ4v) is 3.99.